The molecule has 1 N–H and O–H groups in total. The van der Waals surface area contributed by atoms with Crippen LogP contribution in [0.15, 0.2) is 16.8 Å². The van der Waals surface area contributed by atoms with Crippen molar-refractivity contribution in [3.05, 3.63) is 23.7 Å². The summed E-state index contributed by atoms with van der Waals surface area (Å²) in [6.07, 6.45) is 1.77. The third-order valence-electron chi connectivity index (χ3n) is 3.88. The van der Waals surface area contributed by atoms with Gasteiger partial charge in [0.05, 0.1) is 6.04 Å². The van der Waals surface area contributed by atoms with Gasteiger partial charge in [0.2, 0.25) is 0 Å². The van der Waals surface area contributed by atoms with E-state index in [4.69, 9.17) is 4.52 Å². The highest BCUT2D eigenvalue weighted by molar-refractivity contribution is 5.95. The van der Waals surface area contributed by atoms with Gasteiger partial charge in [0.15, 0.2) is 11.6 Å². The standard InChI is InChI=1S/C14H19N5O2/c1-9(20)10-6-11(19(3)8-10)14-16-13(17-21-14)12-7-15-4-5-18(12)2/h6,8,12,15H,4-5,7H2,1-3H3. The summed E-state index contributed by atoms with van der Waals surface area (Å²) in [4.78, 5) is 18.1. The number of hydrogen-bond acceptors (Lipinski definition) is 6. The predicted octanol–water partition coefficient (Wildman–Crippen LogP) is 0.854. The zero-order valence-corrected chi connectivity index (χ0v) is 12.5. The van der Waals surface area contributed by atoms with E-state index in [0.29, 0.717) is 17.3 Å². The molecule has 0 aromatic carbocycles. The number of hydrogen-bond donors (Lipinski definition) is 1. The van der Waals surface area contributed by atoms with Crippen LogP contribution >= 0.6 is 0 Å². The van der Waals surface area contributed by atoms with Gasteiger partial charge in [0, 0.05) is 38.4 Å². The van der Waals surface area contributed by atoms with Gasteiger partial charge in [-0.25, -0.2) is 0 Å². The average Bonchev–Trinajstić information content (AvgIpc) is 3.05. The number of aryl methyl sites for hydroxylation is 1. The van der Waals surface area contributed by atoms with Crippen molar-refractivity contribution in [2.75, 3.05) is 26.7 Å². The normalized spacial score (nSPS) is 19.9. The van der Waals surface area contributed by atoms with Crippen molar-refractivity contribution in [3.8, 4) is 11.6 Å². The molecule has 1 aliphatic heterocycles. The Hall–Kier alpha value is -1.99. The Morgan fingerprint density at radius 2 is 2.29 bits per heavy atom. The smallest absolute Gasteiger partial charge is 0.274 e. The number of carbonyl (C=O) groups excluding carboxylic acids is 1. The fourth-order valence-electron chi connectivity index (χ4n) is 2.54. The molecule has 2 aromatic rings. The van der Waals surface area contributed by atoms with Crippen molar-refractivity contribution in [3.63, 3.8) is 0 Å². The molecule has 21 heavy (non-hydrogen) atoms. The van der Waals surface area contributed by atoms with Gasteiger partial charge in [-0.05, 0) is 20.0 Å². The molecule has 1 atom stereocenters. The van der Waals surface area contributed by atoms with Crippen LogP contribution in [0.4, 0.5) is 0 Å². The maximum Gasteiger partial charge on any atom is 0.274 e. The second kappa shape index (κ2) is 5.42. The zero-order valence-electron chi connectivity index (χ0n) is 12.5. The molecular weight excluding hydrogens is 270 g/mol. The minimum Gasteiger partial charge on any atom is -0.346 e. The quantitative estimate of drug-likeness (QED) is 0.844. The number of rotatable bonds is 3. The molecule has 1 unspecified atom stereocenters. The van der Waals surface area contributed by atoms with Crippen LogP contribution in [0.1, 0.15) is 29.1 Å². The molecule has 1 saturated heterocycles. The van der Waals surface area contributed by atoms with Gasteiger partial charge in [-0.3, -0.25) is 9.69 Å². The van der Waals surface area contributed by atoms with Crippen LogP contribution in [-0.4, -0.2) is 52.1 Å². The Morgan fingerprint density at radius 3 is 2.95 bits per heavy atom. The minimum absolute atomic E-state index is 0.0211. The summed E-state index contributed by atoms with van der Waals surface area (Å²) >= 11 is 0. The summed E-state index contributed by atoms with van der Waals surface area (Å²) in [5.74, 6) is 1.14. The summed E-state index contributed by atoms with van der Waals surface area (Å²) in [5.41, 5.74) is 1.40. The van der Waals surface area contributed by atoms with E-state index in [1.165, 1.54) is 0 Å². The lowest BCUT2D eigenvalue weighted by Crippen LogP contribution is -2.44. The molecule has 3 rings (SSSR count). The molecule has 1 fully saturated rings. The number of piperazine rings is 1. The molecule has 0 saturated carbocycles. The molecule has 3 heterocycles. The molecule has 0 aliphatic carbocycles. The lowest BCUT2D eigenvalue weighted by molar-refractivity contribution is 0.101. The first-order valence-corrected chi connectivity index (χ1v) is 6.98. The van der Waals surface area contributed by atoms with E-state index < -0.39 is 0 Å². The Balaban J connectivity index is 1.89. The average molecular weight is 289 g/mol. The van der Waals surface area contributed by atoms with Crippen molar-refractivity contribution in [1.82, 2.24) is 24.9 Å². The van der Waals surface area contributed by atoms with E-state index in [2.05, 4.69) is 27.4 Å². The first kappa shape index (κ1) is 14.0. The number of ketones is 1. The highest BCUT2D eigenvalue weighted by Crippen LogP contribution is 2.24. The largest absolute Gasteiger partial charge is 0.346 e. The Bertz CT molecular complexity index is 660. The Morgan fingerprint density at radius 1 is 1.48 bits per heavy atom. The van der Waals surface area contributed by atoms with Gasteiger partial charge in [-0.15, -0.1) is 0 Å². The van der Waals surface area contributed by atoms with E-state index in [1.807, 2.05) is 11.6 Å². The van der Waals surface area contributed by atoms with Crippen LogP contribution in [0.25, 0.3) is 11.6 Å². The summed E-state index contributed by atoms with van der Waals surface area (Å²) in [6, 6.07) is 1.89. The van der Waals surface area contributed by atoms with Crippen molar-refractivity contribution in [2.45, 2.75) is 13.0 Å². The summed E-state index contributed by atoms with van der Waals surface area (Å²) < 4.78 is 7.21. The minimum atomic E-state index is 0.0211. The van der Waals surface area contributed by atoms with E-state index in [-0.39, 0.29) is 11.8 Å². The second-order valence-corrected chi connectivity index (χ2v) is 5.44. The van der Waals surface area contributed by atoms with Gasteiger partial charge in [0.1, 0.15) is 5.69 Å². The highest BCUT2D eigenvalue weighted by Gasteiger charge is 2.26. The predicted molar refractivity (Wildman–Crippen MR) is 77.0 cm³/mol. The van der Waals surface area contributed by atoms with Crippen LogP contribution in [0.3, 0.4) is 0 Å². The molecule has 7 heteroatoms. The van der Waals surface area contributed by atoms with E-state index >= 15 is 0 Å². The number of nitrogens with one attached hydrogen (secondary N) is 1. The first-order valence-electron chi connectivity index (χ1n) is 6.98. The molecule has 7 nitrogen and oxygen atoms in total. The van der Waals surface area contributed by atoms with Crippen LogP contribution < -0.4 is 5.32 Å². The Labute approximate surface area is 122 Å². The number of aromatic nitrogens is 3. The first-order chi connectivity index (χ1) is 10.1. The maximum atomic E-state index is 11.4. The number of nitrogens with zero attached hydrogens (tertiary/aromatic N) is 4. The molecule has 2 aromatic heterocycles. The number of Topliss-reactive ketones (excluding diaryl/α,β-unsaturated/α-hetero) is 1. The van der Waals surface area contributed by atoms with Crippen LogP contribution in [-0.2, 0) is 7.05 Å². The van der Waals surface area contributed by atoms with Gasteiger partial charge in [-0.1, -0.05) is 5.16 Å². The lowest BCUT2D eigenvalue weighted by Gasteiger charge is -2.30. The van der Waals surface area contributed by atoms with Gasteiger partial charge >= 0.3 is 0 Å². The maximum absolute atomic E-state index is 11.4. The molecule has 0 radical (unpaired) electrons. The Kier molecular flexibility index (Phi) is 3.60. The highest BCUT2D eigenvalue weighted by atomic mass is 16.5. The monoisotopic (exact) mass is 289 g/mol. The molecule has 0 amide bonds. The fraction of sp³-hybridized carbons (Fsp3) is 0.500. The molecule has 1 aliphatic rings. The SMILES string of the molecule is CC(=O)c1cc(-c2nc(C3CNCCN3C)no2)n(C)c1. The third kappa shape index (κ3) is 2.62. The topological polar surface area (TPSA) is 76.2 Å². The molecule has 112 valence electrons. The van der Waals surface area contributed by atoms with Crippen LogP contribution in [0, 0.1) is 0 Å². The van der Waals surface area contributed by atoms with Crippen molar-refractivity contribution in [2.24, 2.45) is 7.05 Å². The van der Waals surface area contributed by atoms with Gasteiger partial charge < -0.3 is 14.4 Å². The lowest BCUT2D eigenvalue weighted by atomic mass is 10.2. The molecule has 0 spiro atoms. The van der Waals surface area contributed by atoms with E-state index in [1.54, 1.807) is 19.2 Å². The van der Waals surface area contributed by atoms with Gasteiger partial charge in [0.25, 0.3) is 5.89 Å². The number of carbonyl (C=O) groups is 1. The van der Waals surface area contributed by atoms with Crippen molar-refractivity contribution in [1.29, 1.82) is 0 Å². The third-order valence-corrected chi connectivity index (χ3v) is 3.88. The van der Waals surface area contributed by atoms with Crippen molar-refractivity contribution < 1.29 is 9.32 Å². The van der Waals surface area contributed by atoms with Gasteiger partial charge in [-0.2, -0.15) is 4.98 Å². The second-order valence-electron chi connectivity index (χ2n) is 5.44. The van der Waals surface area contributed by atoms with Crippen LogP contribution in [0.2, 0.25) is 0 Å². The van der Waals surface area contributed by atoms with E-state index in [9.17, 15) is 4.79 Å². The molecular formula is C14H19N5O2. The number of likely N-dealkylation sites (N-methyl/N-ethyl adjacent to an activating group) is 1. The fourth-order valence-corrected chi connectivity index (χ4v) is 2.54. The molecule has 0 bridgehead atoms. The summed E-state index contributed by atoms with van der Waals surface area (Å²) in [6.45, 7) is 4.27. The summed E-state index contributed by atoms with van der Waals surface area (Å²) in [5, 5.41) is 7.43. The van der Waals surface area contributed by atoms with Crippen LogP contribution in [0.5, 0.6) is 0 Å². The summed E-state index contributed by atoms with van der Waals surface area (Å²) in [7, 11) is 3.91. The van der Waals surface area contributed by atoms with Crippen molar-refractivity contribution >= 4 is 5.78 Å². The zero-order chi connectivity index (χ0) is 15.0. The van der Waals surface area contributed by atoms with E-state index in [0.717, 1.165) is 25.3 Å².